The zero-order valence-electron chi connectivity index (χ0n) is 11.8. The van der Waals surface area contributed by atoms with Crippen LogP contribution in [0.5, 0.6) is 0 Å². The molecule has 2 nitrogen and oxygen atoms in total. The van der Waals surface area contributed by atoms with Crippen LogP contribution in [-0.4, -0.2) is 6.54 Å². The third kappa shape index (κ3) is 3.03. The van der Waals surface area contributed by atoms with E-state index in [2.05, 4.69) is 46.4 Å². The summed E-state index contributed by atoms with van der Waals surface area (Å²) in [5, 5.41) is 3.47. The van der Waals surface area contributed by atoms with Gasteiger partial charge in [0.15, 0.2) is 0 Å². The predicted octanol–water partition coefficient (Wildman–Crippen LogP) is 4.32. The van der Waals surface area contributed by atoms with E-state index in [9.17, 15) is 4.39 Å². The van der Waals surface area contributed by atoms with Crippen LogP contribution in [-0.2, 0) is 18.0 Å². The van der Waals surface area contributed by atoms with Crippen LogP contribution in [0.4, 0.5) is 4.39 Å². The molecular formula is C17H17BrFNO. The van der Waals surface area contributed by atoms with Crippen molar-refractivity contribution in [3.05, 3.63) is 68.9 Å². The highest BCUT2D eigenvalue weighted by Gasteiger charge is 2.18. The Morgan fingerprint density at radius 1 is 1.14 bits per heavy atom. The molecule has 4 heteroatoms. The third-order valence-corrected chi connectivity index (χ3v) is 4.37. The second-order valence-electron chi connectivity index (χ2n) is 5.19. The van der Waals surface area contributed by atoms with Crippen LogP contribution in [0.25, 0.3) is 0 Å². The van der Waals surface area contributed by atoms with Gasteiger partial charge in [-0.25, -0.2) is 4.39 Å². The van der Waals surface area contributed by atoms with Gasteiger partial charge in [0.05, 0.1) is 23.7 Å². The number of ether oxygens (including phenoxy) is 1. The van der Waals surface area contributed by atoms with Gasteiger partial charge in [0.25, 0.3) is 0 Å². The quantitative estimate of drug-likeness (QED) is 0.887. The Labute approximate surface area is 132 Å². The molecule has 0 saturated heterocycles. The number of hydrogen-bond acceptors (Lipinski definition) is 2. The molecule has 3 rings (SSSR count). The molecule has 1 aliphatic rings. The Morgan fingerprint density at radius 2 is 1.86 bits per heavy atom. The third-order valence-electron chi connectivity index (χ3n) is 3.76. The maximum atomic E-state index is 13.4. The largest absolute Gasteiger partial charge is 0.372 e. The van der Waals surface area contributed by atoms with Gasteiger partial charge < -0.3 is 10.1 Å². The molecule has 0 aromatic heterocycles. The molecule has 0 saturated carbocycles. The fourth-order valence-corrected chi connectivity index (χ4v) is 3.09. The average Bonchev–Trinajstić information content (AvgIpc) is 2.95. The lowest BCUT2D eigenvalue weighted by Gasteiger charge is -2.20. The molecule has 2 aromatic carbocycles. The summed E-state index contributed by atoms with van der Waals surface area (Å²) in [5.74, 6) is -0.239. The molecule has 0 aliphatic carbocycles. The molecule has 0 amide bonds. The Morgan fingerprint density at radius 3 is 2.62 bits per heavy atom. The predicted molar refractivity (Wildman–Crippen MR) is 84.6 cm³/mol. The highest BCUT2D eigenvalue weighted by Crippen LogP contribution is 2.29. The second kappa shape index (κ2) is 6.26. The number of rotatable bonds is 4. The Bertz CT molecular complexity index is 659. The first-order valence-corrected chi connectivity index (χ1v) is 7.86. The zero-order chi connectivity index (χ0) is 14.8. The fraction of sp³-hybridized carbons (Fsp3) is 0.294. The molecule has 21 heavy (non-hydrogen) atoms. The molecule has 0 spiro atoms. The van der Waals surface area contributed by atoms with Crippen LogP contribution < -0.4 is 5.32 Å². The van der Waals surface area contributed by atoms with Gasteiger partial charge in [-0.15, -0.1) is 0 Å². The summed E-state index contributed by atoms with van der Waals surface area (Å²) in [7, 11) is 0. The monoisotopic (exact) mass is 349 g/mol. The summed E-state index contributed by atoms with van der Waals surface area (Å²) in [6, 6.07) is 11.7. The van der Waals surface area contributed by atoms with Crippen molar-refractivity contribution in [2.75, 3.05) is 6.54 Å². The number of hydrogen-bond donors (Lipinski definition) is 1. The smallest absolute Gasteiger partial charge is 0.137 e. The number of halogens is 2. The SMILES string of the molecule is CCNC(c1ccc(F)c(Br)c1)c1ccc2c(c1)COC2. The maximum absolute atomic E-state index is 13.4. The molecular weight excluding hydrogens is 333 g/mol. The summed E-state index contributed by atoms with van der Waals surface area (Å²) in [6.07, 6.45) is 0. The van der Waals surface area contributed by atoms with Gasteiger partial charge in [-0.1, -0.05) is 31.2 Å². The molecule has 0 bridgehead atoms. The van der Waals surface area contributed by atoms with Crippen molar-refractivity contribution in [3.63, 3.8) is 0 Å². The van der Waals surface area contributed by atoms with Crippen LogP contribution in [0.2, 0.25) is 0 Å². The van der Waals surface area contributed by atoms with Gasteiger partial charge >= 0.3 is 0 Å². The van der Waals surface area contributed by atoms with E-state index in [1.807, 2.05) is 12.1 Å². The molecule has 1 heterocycles. The summed E-state index contributed by atoms with van der Waals surface area (Å²) in [6.45, 7) is 4.29. The van der Waals surface area contributed by atoms with Gasteiger partial charge in [-0.05, 0) is 56.9 Å². The van der Waals surface area contributed by atoms with Crippen molar-refractivity contribution in [1.29, 1.82) is 0 Å². The number of nitrogens with one attached hydrogen (secondary N) is 1. The molecule has 0 radical (unpaired) electrons. The molecule has 1 aliphatic heterocycles. The molecule has 0 fully saturated rings. The van der Waals surface area contributed by atoms with E-state index < -0.39 is 0 Å². The normalized spacial score (nSPS) is 15.0. The van der Waals surface area contributed by atoms with Crippen molar-refractivity contribution in [2.45, 2.75) is 26.2 Å². The fourth-order valence-electron chi connectivity index (χ4n) is 2.70. The number of benzene rings is 2. The summed E-state index contributed by atoms with van der Waals surface area (Å²) in [4.78, 5) is 0. The lowest BCUT2D eigenvalue weighted by Crippen LogP contribution is -2.22. The van der Waals surface area contributed by atoms with E-state index in [0.717, 1.165) is 12.1 Å². The van der Waals surface area contributed by atoms with Crippen molar-refractivity contribution in [1.82, 2.24) is 5.32 Å². The minimum atomic E-state index is -0.239. The van der Waals surface area contributed by atoms with Crippen LogP contribution >= 0.6 is 15.9 Å². The lowest BCUT2D eigenvalue weighted by molar-refractivity contribution is 0.134. The van der Waals surface area contributed by atoms with Crippen molar-refractivity contribution in [2.24, 2.45) is 0 Å². The summed E-state index contributed by atoms with van der Waals surface area (Å²) in [5.41, 5.74) is 4.73. The first-order chi connectivity index (χ1) is 10.2. The topological polar surface area (TPSA) is 21.3 Å². The van der Waals surface area contributed by atoms with Crippen molar-refractivity contribution >= 4 is 15.9 Å². The Hall–Kier alpha value is -1.23. The Kier molecular flexibility index (Phi) is 4.38. The van der Waals surface area contributed by atoms with Crippen LogP contribution in [0.15, 0.2) is 40.9 Å². The summed E-state index contributed by atoms with van der Waals surface area (Å²) < 4.78 is 19.4. The molecule has 2 aromatic rings. The standard InChI is InChI=1S/C17H17BrFNO/c1-2-20-17(12-5-6-16(19)15(18)8-12)11-3-4-13-9-21-10-14(13)7-11/h3-8,17,20H,2,9-10H2,1H3. The van der Waals surface area contributed by atoms with E-state index in [1.54, 1.807) is 0 Å². The van der Waals surface area contributed by atoms with Crippen LogP contribution in [0.1, 0.15) is 35.2 Å². The first-order valence-electron chi connectivity index (χ1n) is 7.07. The molecule has 1 atom stereocenters. The maximum Gasteiger partial charge on any atom is 0.137 e. The average molecular weight is 350 g/mol. The summed E-state index contributed by atoms with van der Waals surface area (Å²) >= 11 is 3.26. The zero-order valence-corrected chi connectivity index (χ0v) is 13.4. The van der Waals surface area contributed by atoms with Crippen molar-refractivity contribution in [3.8, 4) is 0 Å². The van der Waals surface area contributed by atoms with E-state index in [0.29, 0.717) is 17.7 Å². The molecule has 1 unspecified atom stereocenters. The van der Waals surface area contributed by atoms with Crippen LogP contribution in [0.3, 0.4) is 0 Å². The second-order valence-corrected chi connectivity index (χ2v) is 6.04. The highest BCUT2D eigenvalue weighted by molar-refractivity contribution is 9.10. The first kappa shape index (κ1) is 14.7. The van der Waals surface area contributed by atoms with Crippen molar-refractivity contribution < 1.29 is 9.13 Å². The minimum absolute atomic E-state index is 0.0535. The molecule has 110 valence electrons. The van der Waals surface area contributed by atoms with E-state index in [-0.39, 0.29) is 11.9 Å². The van der Waals surface area contributed by atoms with Gasteiger partial charge in [-0.3, -0.25) is 0 Å². The van der Waals surface area contributed by atoms with Crippen LogP contribution in [0, 0.1) is 5.82 Å². The van der Waals surface area contributed by atoms with Gasteiger partial charge in [0.2, 0.25) is 0 Å². The van der Waals surface area contributed by atoms with Gasteiger partial charge in [0, 0.05) is 0 Å². The van der Waals surface area contributed by atoms with E-state index >= 15 is 0 Å². The number of fused-ring (bicyclic) bond motifs is 1. The Balaban J connectivity index is 1.99. The van der Waals surface area contributed by atoms with Gasteiger partial charge in [0.1, 0.15) is 5.82 Å². The highest BCUT2D eigenvalue weighted by atomic mass is 79.9. The van der Waals surface area contributed by atoms with Gasteiger partial charge in [-0.2, -0.15) is 0 Å². The molecule has 1 N–H and O–H groups in total. The minimum Gasteiger partial charge on any atom is -0.372 e. The van der Waals surface area contributed by atoms with E-state index in [4.69, 9.17) is 4.74 Å². The lowest BCUT2D eigenvalue weighted by atomic mass is 9.95. The van der Waals surface area contributed by atoms with E-state index in [1.165, 1.54) is 22.8 Å².